The molecule has 0 saturated carbocycles. The number of methoxy groups -OCH3 is 1. The van der Waals surface area contributed by atoms with Gasteiger partial charge in [0, 0.05) is 26.7 Å². The van der Waals surface area contributed by atoms with E-state index in [-0.39, 0.29) is 24.0 Å². The van der Waals surface area contributed by atoms with Crippen LogP contribution in [0.4, 0.5) is 0 Å². The van der Waals surface area contributed by atoms with Crippen molar-refractivity contribution in [3.05, 3.63) is 23.8 Å². The summed E-state index contributed by atoms with van der Waals surface area (Å²) in [5, 5.41) is 6.45. The Hall–Kier alpha value is -1.22. The van der Waals surface area contributed by atoms with Crippen molar-refractivity contribution in [3.63, 3.8) is 0 Å². The summed E-state index contributed by atoms with van der Waals surface area (Å²) in [5.41, 5.74) is 1.09. The molecule has 0 saturated heterocycles. The standard InChI is InChI=1S/C16H27N3O3.HI/c1-5-21-10-9-18-16(17-3)19-12-13-7-8-14(22-6-2)15(11-13)20-4;/h7-8,11H,5-6,9-10,12H2,1-4H3,(H2,17,18,19);1H. The lowest BCUT2D eigenvalue weighted by molar-refractivity contribution is 0.152. The third kappa shape index (κ3) is 8.26. The Balaban J connectivity index is 0.00000484. The van der Waals surface area contributed by atoms with Gasteiger partial charge >= 0.3 is 0 Å². The van der Waals surface area contributed by atoms with Crippen molar-refractivity contribution in [2.24, 2.45) is 4.99 Å². The molecule has 1 aromatic carbocycles. The van der Waals surface area contributed by atoms with Gasteiger partial charge in [-0.05, 0) is 31.5 Å². The quantitative estimate of drug-likeness (QED) is 0.269. The maximum Gasteiger partial charge on any atom is 0.191 e. The molecule has 7 heteroatoms. The zero-order valence-electron chi connectivity index (χ0n) is 14.3. The topological polar surface area (TPSA) is 64.1 Å². The van der Waals surface area contributed by atoms with E-state index in [1.54, 1.807) is 14.2 Å². The van der Waals surface area contributed by atoms with Crippen LogP contribution in [0.1, 0.15) is 19.4 Å². The molecule has 0 aliphatic heterocycles. The molecule has 0 aliphatic rings. The lowest BCUT2D eigenvalue weighted by Crippen LogP contribution is -2.38. The molecular weight excluding hydrogens is 409 g/mol. The van der Waals surface area contributed by atoms with Crippen LogP contribution in [0.15, 0.2) is 23.2 Å². The number of ether oxygens (including phenoxy) is 3. The molecule has 0 aromatic heterocycles. The zero-order valence-corrected chi connectivity index (χ0v) is 16.7. The van der Waals surface area contributed by atoms with E-state index >= 15 is 0 Å². The Morgan fingerprint density at radius 3 is 2.52 bits per heavy atom. The molecule has 132 valence electrons. The highest BCUT2D eigenvalue weighted by Crippen LogP contribution is 2.27. The SMILES string of the molecule is CCOCCNC(=NC)NCc1ccc(OCC)c(OC)c1.I. The van der Waals surface area contributed by atoms with Crippen LogP contribution in [0.5, 0.6) is 11.5 Å². The summed E-state index contributed by atoms with van der Waals surface area (Å²) >= 11 is 0. The van der Waals surface area contributed by atoms with Crippen LogP contribution in [0.3, 0.4) is 0 Å². The van der Waals surface area contributed by atoms with Crippen molar-refractivity contribution in [1.29, 1.82) is 0 Å². The highest BCUT2D eigenvalue weighted by atomic mass is 127. The molecule has 0 atom stereocenters. The average Bonchev–Trinajstić information content (AvgIpc) is 2.55. The minimum Gasteiger partial charge on any atom is -0.493 e. The van der Waals surface area contributed by atoms with Crippen molar-refractivity contribution in [2.45, 2.75) is 20.4 Å². The van der Waals surface area contributed by atoms with Crippen LogP contribution in [-0.2, 0) is 11.3 Å². The summed E-state index contributed by atoms with van der Waals surface area (Å²) in [6.07, 6.45) is 0. The fraction of sp³-hybridized carbons (Fsp3) is 0.562. The molecule has 2 N–H and O–H groups in total. The Morgan fingerprint density at radius 1 is 1.13 bits per heavy atom. The second kappa shape index (κ2) is 13.2. The summed E-state index contributed by atoms with van der Waals surface area (Å²) in [6, 6.07) is 5.89. The smallest absolute Gasteiger partial charge is 0.191 e. The Labute approximate surface area is 156 Å². The van der Waals surface area contributed by atoms with Crippen LogP contribution >= 0.6 is 24.0 Å². The average molecular weight is 437 g/mol. The molecule has 0 amide bonds. The first-order chi connectivity index (χ1) is 10.7. The summed E-state index contributed by atoms with van der Waals surface area (Å²) in [4.78, 5) is 4.17. The number of rotatable bonds is 9. The van der Waals surface area contributed by atoms with Gasteiger partial charge in [0.05, 0.1) is 20.3 Å². The molecule has 0 fully saturated rings. The summed E-state index contributed by atoms with van der Waals surface area (Å²) < 4.78 is 16.1. The normalized spacial score (nSPS) is 10.7. The van der Waals surface area contributed by atoms with E-state index in [2.05, 4.69) is 15.6 Å². The molecular formula is C16H28IN3O3. The summed E-state index contributed by atoms with van der Waals surface area (Å²) in [6.45, 7) is 7.30. The third-order valence-corrected chi connectivity index (χ3v) is 2.95. The van der Waals surface area contributed by atoms with E-state index in [9.17, 15) is 0 Å². The van der Waals surface area contributed by atoms with Gasteiger partial charge in [0.2, 0.25) is 0 Å². The molecule has 1 aromatic rings. The van der Waals surface area contributed by atoms with Gasteiger partial charge in [-0.15, -0.1) is 24.0 Å². The van der Waals surface area contributed by atoms with Crippen molar-refractivity contribution >= 4 is 29.9 Å². The van der Waals surface area contributed by atoms with Crippen LogP contribution in [0.25, 0.3) is 0 Å². The van der Waals surface area contributed by atoms with Gasteiger partial charge in [0.1, 0.15) is 0 Å². The lowest BCUT2D eigenvalue weighted by Gasteiger charge is -2.14. The number of nitrogens with zero attached hydrogens (tertiary/aromatic N) is 1. The maximum atomic E-state index is 5.51. The van der Waals surface area contributed by atoms with Crippen LogP contribution in [-0.4, -0.2) is 46.5 Å². The largest absolute Gasteiger partial charge is 0.493 e. The van der Waals surface area contributed by atoms with Gasteiger partial charge in [-0.2, -0.15) is 0 Å². The molecule has 23 heavy (non-hydrogen) atoms. The molecule has 0 bridgehead atoms. The third-order valence-electron chi connectivity index (χ3n) is 2.95. The minimum atomic E-state index is 0. The fourth-order valence-corrected chi connectivity index (χ4v) is 1.89. The van der Waals surface area contributed by atoms with Crippen molar-refractivity contribution in [3.8, 4) is 11.5 Å². The molecule has 0 radical (unpaired) electrons. The van der Waals surface area contributed by atoms with E-state index < -0.39 is 0 Å². The Bertz CT molecular complexity index is 470. The maximum absolute atomic E-state index is 5.51. The number of nitrogens with one attached hydrogen (secondary N) is 2. The first kappa shape index (κ1) is 21.8. The second-order valence-electron chi connectivity index (χ2n) is 4.47. The number of halogens is 1. The molecule has 1 rings (SSSR count). The Kier molecular flexibility index (Phi) is 12.5. The van der Waals surface area contributed by atoms with Gasteiger partial charge in [0.15, 0.2) is 17.5 Å². The van der Waals surface area contributed by atoms with Crippen LogP contribution in [0, 0.1) is 0 Å². The van der Waals surface area contributed by atoms with E-state index in [0.717, 1.165) is 36.2 Å². The number of hydrogen-bond acceptors (Lipinski definition) is 4. The van der Waals surface area contributed by atoms with Crippen molar-refractivity contribution in [2.75, 3.05) is 40.5 Å². The van der Waals surface area contributed by atoms with Crippen LogP contribution in [0.2, 0.25) is 0 Å². The van der Waals surface area contributed by atoms with Crippen molar-refractivity contribution in [1.82, 2.24) is 10.6 Å². The molecule has 0 aliphatic carbocycles. The number of aliphatic imine (C=N–C) groups is 1. The highest BCUT2D eigenvalue weighted by Gasteiger charge is 2.06. The van der Waals surface area contributed by atoms with Crippen LogP contribution < -0.4 is 20.1 Å². The fourth-order valence-electron chi connectivity index (χ4n) is 1.89. The predicted octanol–water partition coefficient (Wildman–Crippen LogP) is 2.41. The Morgan fingerprint density at radius 2 is 1.91 bits per heavy atom. The van der Waals surface area contributed by atoms with E-state index in [4.69, 9.17) is 14.2 Å². The summed E-state index contributed by atoms with van der Waals surface area (Å²) in [5.74, 6) is 2.24. The zero-order chi connectivity index (χ0) is 16.2. The lowest BCUT2D eigenvalue weighted by atomic mass is 10.2. The van der Waals surface area contributed by atoms with Gasteiger partial charge in [-0.25, -0.2) is 0 Å². The van der Waals surface area contributed by atoms with Gasteiger partial charge < -0.3 is 24.8 Å². The van der Waals surface area contributed by atoms with E-state index in [0.29, 0.717) is 19.8 Å². The highest BCUT2D eigenvalue weighted by molar-refractivity contribution is 14.0. The molecule has 0 spiro atoms. The van der Waals surface area contributed by atoms with Gasteiger partial charge in [-0.1, -0.05) is 6.07 Å². The van der Waals surface area contributed by atoms with E-state index in [1.165, 1.54) is 0 Å². The monoisotopic (exact) mass is 437 g/mol. The van der Waals surface area contributed by atoms with E-state index in [1.807, 2.05) is 32.0 Å². The van der Waals surface area contributed by atoms with Gasteiger partial charge in [-0.3, -0.25) is 4.99 Å². The van der Waals surface area contributed by atoms with Crippen molar-refractivity contribution < 1.29 is 14.2 Å². The predicted molar refractivity (Wildman–Crippen MR) is 104 cm³/mol. The number of hydrogen-bond donors (Lipinski definition) is 2. The number of guanidine groups is 1. The van der Waals surface area contributed by atoms with Gasteiger partial charge in [0.25, 0.3) is 0 Å². The molecule has 0 heterocycles. The first-order valence-electron chi connectivity index (χ1n) is 7.57. The number of benzene rings is 1. The second-order valence-corrected chi connectivity index (χ2v) is 4.47. The first-order valence-corrected chi connectivity index (χ1v) is 7.57. The minimum absolute atomic E-state index is 0. The summed E-state index contributed by atoms with van der Waals surface area (Å²) in [7, 11) is 3.39. The molecule has 0 unspecified atom stereocenters. The molecule has 6 nitrogen and oxygen atoms in total.